The lowest BCUT2D eigenvalue weighted by atomic mass is 10.1. The number of nitrogens with zero attached hydrogens (tertiary/aromatic N) is 3. The molecule has 0 atom stereocenters. The average Bonchev–Trinajstić information content (AvgIpc) is 3.16. The fourth-order valence-electron chi connectivity index (χ4n) is 2.90. The van der Waals surface area contributed by atoms with E-state index in [1.807, 2.05) is 23.1 Å². The summed E-state index contributed by atoms with van der Waals surface area (Å²) in [5.74, 6) is 0.0326. The first-order chi connectivity index (χ1) is 11.7. The number of likely N-dealkylation sites (tertiary alicyclic amines) is 1. The van der Waals surface area contributed by atoms with Gasteiger partial charge in [0, 0.05) is 29.5 Å². The quantitative estimate of drug-likeness (QED) is 0.721. The first-order valence-electron chi connectivity index (χ1n) is 7.88. The fraction of sp³-hybridized carbons (Fsp3) is 0.222. The molecule has 3 aromatic rings. The van der Waals surface area contributed by atoms with E-state index in [9.17, 15) is 9.59 Å². The number of rotatable bonds is 2. The molecule has 0 saturated carbocycles. The van der Waals surface area contributed by atoms with Gasteiger partial charge in [0.1, 0.15) is 5.01 Å². The molecule has 0 N–H and O–H groups in total. The van der Waals surface area contributed by atoms with Gasteiger partial charge in [-0.25, -0.2) is 0 Å². The monoisotopic (exact) mass is 337 g/mol. The molecular weight excluding hydrogens is 322 g/mol. The standard InChI is InChI=1S/C18H15N3O2S/c22-16-13-7-6-12(18(23)21-9-3-4-10-21)11-15(13)24-17(20-16)14-5-1-2-8-19-14/h1-2,5-8,11H,3-4,9-10H2. The maximum atomic E-state index is 12.6. The zero-order chi connectivity index (χ0) is 16.5. The molecule has 1 aliphatic rings. The Morgan fingerprint density at radius 1 is 1.12 bits per heavy atom. The fourth-order valence-corrected chi connectivity index (χ4v) is 3.91. The Bertz CT molecular complexity index is 963. The minimum atomic E-state index is -0.287. The number of amides is 1. The molecule has 1 saturated heterocycles. The minimum Gasteiger partial charge on any atom is -0.339 e. The van der Waals surface area contributed by atoms with Crippen LogP contribution in [0.1, 0.15) is 23.2 Å². The van der Waals surface area contributed by atoms with Crippen molar-refractivity contribution in [3.05, 3.63) is 58.5 Å². The van der Waals surface area contributed by atoms with Crippen LogP contribution in [0.15, 0.2) is 47.4 Å². The molecule has 1 fully saturated rings. The summed E-state index contributed by atoms with van der Waals surface area (Å²) in [6.45, 7) is 1.62. The van der Waals surface area contributed by atoms with E-state index in [0.717, 1.165) is 30.6 Å². The maximum absolute atomic E-state index is 12.6. The zero-order valence-electron chi connectivity index (χ0n) is 12.9. The highest BCUT2D eigenvalue weighted by Crippen LogP contribution is 2.26. The van der Waals surface area contributed by atoms with Gasteiger partial charge in [0.05, 0.1) is 11.1 Å². The Morgan fingerprint density at radius 2 is 1.96 bits per heavy atom. The van der Waals surface area contributed by atoms with Crippen molar-refractivity contribution in [3.8, 4) is 10.7 Å². The third-order valence-corrected chi connectivity index (χ3v) is 5.20. The van der Waals surface area contributed by atoms with Crippen molar-refractivity contribution in [2.45, 2.75) is 12.8 Å². The third kappa shape index (κ3) is 2.69. The number of carbonyl (C=O) groups is 1. The summed E-state index contributed by atoms with van der Waals surface area (Å²) >= 11 is 1.38. The Balaban J connectivity index is 1.80. The van der Waals surface area contributed by atoms with Crippen molar-refractivity contribution in [2.24, 2.45) is 0 Å². The number of carbonyl (C=O) groups excluding carboxylic acids is 1. The first-order valence-corrected chi connectivity index (χ1v) is 8.69. The normalized spacial score (nSPS) is 14.2. The lowest BCUT2D eigenvalue weighted by molar-refractivity contribution is 0.0793. The van der Waals surface area contributed by atoms with Crippen LogP contribution >= 0.6 is 11.3 Å². The molecule has 0 spiro atoms. The third-order valence-electron chi connectivity index (χ3n) is 4.15. The molecule has 0 aliphatic carbocycles. The smallest absolute Gasteiger partial charge is 0.279 e. The van der Waals surface area contributed by atoms with Gasteiger partial charge in [-0.1, -0.05) is 6.07 Å². The van der Waals surface area contributed by atoms with Crippen LogP contribution in [0.4, 0.5) is 0 Å². The van der Waals surface area contributed by atoms with Crippen LogP contribution in [0, 0.1) is 0 Å². The number of benzene rings is 1. The largest absolute Gasteiger partial charge is 0.339 e. The van der Waals surface area contributed by atoms with Crippen LogP contribution in [-0.4, -0.2) is 33.9 Å². The molecule has 3 heterocycles. The number of pyridine rings is 1. The van der Waals surface area contributed by atoms with Gasteiger partial charge >= 0.3 is 0 Å². The molecule has 4 rings (SSSR count). The molecule has 1 amide bonds. The van der Waals surface area contributed by atoms with Crippen molar-refractivity contribution in [1.29, 1.82) is 0 Å². The van der Waals surface area contributed by atoms with Gasteiger partial charge in [0.25, 0.3) is 11.5 Å². The van der Waals surface area contributed by atoms with Crippen LogP contribution in [0.2, 0.25) is 0 Å². The van der Waals surface area contributed by atoms with Gasteiger partial charge in [-0.2, -0.15) is 4.98 Å². The molecule has 1 aromatic carbocycles. The van der Waals surface area contributed by atoms with E-state index >= 15 is 0 Å². The number of hydrogen-bond donors (Lipinski definition) is 0. The Morgan fingerprint density at radius 3 is 2.71 bits per heavy atom. The summed E-state index contributed by atoms with van der Waals surface area (Å²) in [4.78, 5) is 35.1. The lowest BCUT2D eigenvalue weighted by Gasteiger charge is -2.15. The molecule has 0 bridgehead atoms. The predicted octanol–water partition coefficient (Wildman–Crippen LogP) is 2.95. The first kappa shape index (κ1) is 15.0. The summed E-state index contributed by atoms with van der Waals surface area (Å²) in [7, 11) is 0. The molecular formula is C18H15N3O2S. The highest BCUT2D eigenvalue weighted by Gasteiger charge is 2.20. The van der Waals surface area contributed by atoms with Crippen LogP contribution in [0.25, 0.3) is 20.8 Å². The molecule has 1 aliphatic heterocycles. The second-order valence-corrected chi connectivity index (χ2v) is 6.78. The van der Waals surface area contributed by atoms with E-state index in [0.29, 0.717) is 21.7 Å². The van der Waals surface area contributed by atoms with E-state index in [2.05, 4.69) is 9.97 Å². The number of hydrogen-bond acceptors (Lipinski definition) is 5. The summed E-state index contributed by atoms with van der Waals surface area (Å²) in [6.07, 6.45) is 3.78. The van der Waals surface area contributed by atoms with E-state index in [4.69, 9.17) is 0 Å². The Labute approximate surface area is 142 Å². The van der Waals surface area contributed by atoms with Gasteiger partial charge in [-0.15, -0.1) is 11.3 Å². The zero-order valence-corrected chi connectivity index (χ0v) is 13.8. The van der Waals surface area contributed by atoms with Crippen LogP contribution < -0.4 is 5.56 Å². The average molecular weight is 337 g/mol. The van der Waals surface area contributed by atoms with Gasteiger partial charge in [0.15, 0.2) is 0 Å². The molecule has 120 valence electrons. The predicted molar refractivity (Wildman–Crippen MR) is 94.3 cm³/mol. The molecule has 6 heteroatoms. The van der Waals surface area contributed by atoms with Crippen molar-refractivity contribution >= 4 is 27.3 Å². The SMILES string of the molecule is O=C(c1ccc2c(=O)nc(-c3ccccn3)sc2c1)N1CCCC1. The molecule has 24 heavy (non-hydrogen) atoms. The second-order valence-electron chi connectivity index (χ2n) is 5.75. The van der Waals surface area contributed by atoms with E-state index in [1.165, 1.54) is 11.3 Å². The molecule has 5 nitrogen and oxygen atoms in total. The molecule has 0 unspecified atom stereocenters. The molecule has 2 aromatic heterocycles. The van der Waals surface area contributed by atoms with Crippen molar-refractivity contribution in [2.75, 3.05) is 13.1 Å². The summed E-state index contributed by atoms with van der Waals surface area (Å²) in [6, 6.07) is 10.7. The van der Waals surface area contributed by atoms with E-state index in [-0.39, 0.29) is 11.5 Å². The van der Waals surface area contributed by atoms with Gasteiger partial charge < -0.3 is 4.90 Å². The minimum absolute atomic E-state index is 0.0326. The maximum Gasteiger partial charge on any atom is 0.279 e. The lowest BCUT2D eigenvalue weighted by Crippen LogP contribution is -2.27. The number of fused-ring (bicyclic) bond motifs is 1. The van der Waals surface area contributed by atoms with Crippen LogP contribution in [0.3, 0.4) is 0 Å². The second kappa shape index (κ2) is 6.13. The van der Waals surface area contributed by atoms with Crippen molar-refractivity contribution < 1.29 is 4.79 Å². The van der Waals surface area contributed by atoms with E-state index in [1.54, 1.807) is 24.4 Å². The Kier molecular flexibility index (Phi) is 3.82. The summed E-state index contributed by atoms with van der Waals surface area (Å²) in [5, 5.41) is 1.11. The van der Waals surface area contributed by atoms with Gasteiger partial charge in [0.2, 0.25) is 0 Å². The highest BCUT2D eigenvalue weighted by molar-refractivity contribution is 7.21. The summed E-state index contributed by atoms with van der Waals surface area (Å²) in [5.41, 5.74) is 1.00. The topological polar surface area (TPSA) is 63.2 Å². The van der Waals surface area contributed by atoms with Crippen LogP contribution in [-0.2, 0) is 0 Å². The number of aromatic nitrogens is 2. The highest BCUT2D eigenvalue weighted by atomic mass is 32.1. The van der Waals surface area contributed by atoms with Crippen molar-refractivity contribution in [1.82, 2.24) is 14.9 Å². The van der Waals surface area contributed by atoms with Crippen molar-refractivity contribution in [3.63, 3.8) is 0 Å². The van der Waals surface area contributed by atoms with Gasteiger partial charge in [-0.05, 0) is 43.2 Å². The summed E-state index contributed by atoms with van der Waals surface area (Å²) < 4.78 is 0.765. The van der Waals surface area contributed by atoms with Crippen LogP contribution in [0.5, 0.6) is 0 Å². The molecule has 0 radical (unpaired) electrons. The van der Waals surface area contributed by atoms with E-state index < -0.39 is 0 Å². The Hall–Kier alpha value is -2.60. The van der Waals surface area contributed by atoms with Gasteiger partial charge in [-0.3, -0.25) is 14.6 Å².